The van der Waals surface area contributed by atoms with E-state index >= 15 is 0 Å². The molecule has 0 saturated carbocycles. The van der Waals surface area contributed by atoms with E-state index in [2.05, 4.69) is 5.32 Å². The van der Waals surface area contributed by atoms with Gasteiger partial charge >= 0.3 is 10.1 Å². The minimum atomic E-state index is -4.08. The second-order valence-corrected chi connectivity index (χ2v) is 6.97. The fourth-order valence-electron chi connectivity index (χ4n) is 2.03. The molecule has 128 valence electrons. The molecule has 2 aromatic rings. The summed E-state index contributed by atoms with van der Waals surface area (Å²) in [6.07, 6.45) is 0. The molecule has 0 aliphatic carbocycles. The van der Waals surface area contributed by atoms with Crippen molar-refractivity contribution in [1.29, 1.82) is 0 Å². The van der Waals surface area contributed by atoms with E-state index in [0.717, 1.165) is 0 Å². The largest absolute Gasteiger partial charge is 0.496 e. The van der Waals surface area contributed by atoms with Crippen molar-refractivity contribution in [2.45, 2.75) is 18.7 Å². The lowest BCUT2D eigenvalue weighted by Gasteiger charge is -2.13. The quantitative estimate of drug-likeness (QED) is 0.817. The molecular weight excluding hydrogens is 354 g/mol. The van der Waals surface area contributed by atoms with Gasteiger partial charge in [-0.1, -0.05) is 11.6 Å². The van der Waals surface area contributed by atoms with Crippen molar-refractivity contribution in [3.05, 3.63) is 47.0 Å². The van der Waals surface area contributed by atoms with Crippen LogP contribution in [-0.2, 0) is 14.9 Å². The highest BCUT2D eigenvalue weighted by Gasteiger charge is 2.20. The van der Waals surface area contributed by atoms with Crippen LogP contribution >= 0.6 is 11.6 Å². The molecule has 1 amide bonds. The lowest BCUT2D eigenvalue weighted by Crippen LogP contribution is -2.13. The summed E-state index contributed by atoms with van der Waals surface area (Å²) >= 11 is 5.87. The number of halogens is 1. The Morgan fingerprint density at radius 1 is 1.12 bits per heavy atom. The SMILES string of the molecule is COc1ccc(S(=O)(=O)Oc2ccc(Cl)cc2NC(C)=O)cc1C. The normalized spacial score (nSPS) is 11.0. The number of amides is 1. The molecule has 2 aromatic carbocycles. The topological polar surface area (TPSA) is 81.7 Å². The molecule has 0 heterocycles. The molecule has 0 atom stereocenters. The number of hydrogen-bond donors (Lipinski definition) is 1. The van der Waals surface area contributed by atoms with Crippen molar-refractivity contribution in [3.8, 4) is 11.5 Å². The van der Waals surface area contributed by atoms with Gasteiger partial charge in [-0.05, 0) is 48.9 Å². The summed E-state index contributed by atoms with van der Waals surface area (Å²) in [5, 5.41) is 2.82. The molecule has 0 spiro atoms. The summed E-state index contributed by atoms with van der Waals surface area (Å²) in [6.45, 7) is 3.02. The Hall–Kier alpha value is -2.25. The van der Waals surface area contributed by atoms with E-state index in [4.69, 9.17) is 20.5 Å². The Morgan fingerprint density at radius 2 is 1.79 bits per heavy atom. The van der Waals surface area contributed by atoms with Gasteiger partial charge in [-0.25, -0.2) is 0 Å². The van der Waals surface area contributed by atoms with E-state index in [1.807, 2.05) is 0 Å². The number of carbonyl (C=O) groups is 1. The highest BCUT2D eigenvalue weighted by atomic mass is 35.5. The van der Waals surface area contributed by atoms with Crippen molar-refractivity contribution in [3.63, 3.8) is 0 Å². The zero-order valence-corrected chi connectivity index (χ0v) is 14.9. The first-order valence-corrected chi connectivity index (χ1v) is 8.68. The molecule has 24 heavy (non-hydrogen) atoms. The average molecular weight is 370 g/mol. The number of rotatable bonds is 5. The van der Waals surface area contributed by atoms with Crippen LogP contribution in [0.4, 0.5) is 5.69 Å². The molecule has 0 aromatic heterocycles. The number of carbonyl (C=O) groups excluding carboxylic acids is 1. The van der Waals surface area contributed by atoms with Crippen LogP contribution in [0.5, 0.6) is 11.5 Å². The lowest BCUT2D eigenvalue weighted by atomic mass is 10.2. The van der Waals surface area contributed by atoms with Crippen molar-refractivity contribution in [1.82, 2.24) is 0 Å². The third kappa shape index (κ3) is 4.18. The van der Waals surface area contributed by atoms with E-state index in [1.165, 1.54) is 44.4 Å². The highest BCUT2D eigenvalue weighted by Crippen LogP contribution is 2.31. The molecular formula is C16H16ClNO5S. The predicted molar refractivity (Wildman–Crippen MR) is 91.3 cm³/mol. The first-order valence-electron chi connectivity index (χ1n) is 6.89. The smallest absolute Gasteiger partial charge is 0.339 e. The maximum Gasteiger partial charge on any atom is 0.339 e. The molecule has 0 fully saturated rings. The van der Waals surface area contributed by atoms with Crippen LogP contribution in [0.25, 0.3) is 0 Å². The molecule has 8 heteroatoms. The summed E-state index contributed by atoms with van der Waals surface area (Å²) in [4.78, 5) is 11.2. The minimum absolute atomic E-state index is 0.0236. The van der Waals surface area contributed by atoms with E-state index in [1.54, 1.807) is 13.0 Å². The van der Waals surface area contributed by atoms with E-state index in [0.29, 0.717) is 16.3 Å². The summed E-state index contributed by atoms with van der Waals surface area (Å²) in [7, 11) is -2.58. The number of methoxy groups -OCH3 is 1. The Kier molecular flexibility index (Phi) is 5.36. The van der Waals surface area contributed by atoms with Gasteiger partial charge in [0, 0.05) is 11.9 Å². The standard InChI is InChI=1S/C16H16ClNO5S/c1-10-8-13(5-7-15(10)22-3)24(20,21)23-16-6-4-12(17)9-14(16)18-11(2)19/h4-9H,1-3H3,(H,18,19). The van der Waals surface area contributed by atoms with E-state index in [-0.39, 0.29) is 22.2 Å². The number of ether oxygens (including phenoxy) is 1. The molecule has 0 bridgehead atoms. The third-order valence-electron chi connectivity index (χ3n) is 3.11. The van der Waals surface area contributed by atoms with Crippen LogP contribution in [0, 0.1) is 6.92 Å². The molecule has 0 radical (unpaired) electrons. The first kappa shape index (κ1) is 18.1. The van der Waals surface area contributed by atoms with Gasteiger partial charge in [0.1, 0.15) is 10.6 Å². The summed E-state index contributed by atoms with van der Waals surface area (Å²) in [6, 6.07) is 8.63. The fourth-order valence-corrected chi connectivity index (χ4v) is 3.24. The van der Waals surface area contributed by atoms with E-state index < -0.39 is 10.1 Å². The number of anilines is 1. The molecule has 1 N–H and O–H groups in total. The van der Waals surface area contributed by atoms with Gasteiger partial charge in [0.15, 0.2) is 5.75 Å². The van der Waals surface area contributed by atoms with Crippen molar-refractivity contribution in [2.75, 3.05) is 12.4 Å². The zero-order chi connectivity index (χ0) is 17.9. The predicted octanol–water partition coefficient (Wildman–Crippen LogP) is 3.38. The maximum atomic E-state index is 12.5. The average Bonchev–Trinajstić information content (AvgIpc) is 2.49. The monoisotopic (exact) mass is 369 g/mol. The van der Waals surface area contributed by atoms with Crippen LogP contribution in [0.15, 0.2) is 41.3 Å². The van der Waals surface area contributed by atoms with Gasteiger partial charge in [-0.3, -0.25) is 4.79 Å². The van der Waals surface area contributed by atoms with E-state index in [9.17, 15) is 13.2 Å². The molecule has 0 aliphatic rings. The number of hydrogen-bond acceptors (Lipinski definition) is 5. The van der Waals surface area contributed by atoms with Gasteiger partial charge in [0.2, 0.25) is 5.91 Å². The van der Waals surface area contributed by atoms with Crippen LogP contribution in [0.2, 0.25) is 5.02 Å². The van der Waals surface area contributed by atoms with Crippen molar-refractivity contribution >= 4 is 33.3 Å². The van der Waals surface area contributed by atoms with Gasteiger partial charge in [0.25, 0.3) is 0 Å². The molecule has 0 unspecified atom stereocenters. The second-order valence-electron chi connectivity index (χ2n) is 4.99. The second kappa shape index (κ2) is 7.11. The molecule has 0 saturated heterocycles. The van der Waals surface area contributed by atoms with Crippen LogP contribution in [0.3, 0.4) is 0 Å². The van der Waals surface area contributed by atoms with Crippen molar-refractivity contribution in [2.24, 2.45) is 0 Å². The molecule has 2 rings (SSSR count). The Balaban J connectivity index is 2.39. The van der Waals surface area contributed by atoms with Gasteiger partial charge in [-0.15, -0.1) is 0 Å². The Morgan fingerprint density at radius 3 is 2.38 bits per heavy atom. The van der Waals surface area contributed by atoms with Gasteiger partial charge < -0.3 is 14.2 Å². The molecule has 0 aliphatic heterocycles. The number of benzene rings is 2. The van der Waals surface area contributed by atoms with Gasteiger partial charge in [-0.2, -0.15) is 8.42 Å². The third-order valence-corrected chi connectivity index (χ3v) is 4.57. The fraction of sp³-hybridized carbons (Fsp3) is 0.188. The number of aryl methyl sites for hydroxylation is 1. The Labute approximate surface area is 145 Å². The van der Waals surface area contributed by atoms with Gasteiger partial charge in [0.05, 0.1) is 12.8 Å². The zero-order valence-electron chi connectivity index (χ0n) is 13.3. The van der Waals surface area contributed by atoms with Crippen LogP contribution in [-0.4, -0.2) is 21.4 Å². The van der Waals surface area contributed by atoms with Crippen LogP contribution in [0.1, 0.15) is 12.5 Å². The number of nitrogens with one attached hydrogen (secondary N) is 1. The first-order chi connectivity index (χ1) is 11.2. The summed E-state index contributed by atoms with van der Waals surface area (Å²) < 4.78 is 35.2. The summed E-state index contributed by atoms with van der Waals surface area (Å²) in [5.41, 5.74) is 0.823. The van der Waals surface area contributed by atoms with Crippen LogP contribution < -0.4 is 14.2 Å². The lowest BCUT2D eigenvalue weighted by molar-refractivity contribution is -0.114. The van der Waals surface area contributed by atoms with Crippen molar-refractivity contribution < 1.29 is 22.1 Å². The Bertz CT molecular complexity index is 880. The highest BCUT2D eigenvalue weighted by molar-refractivity contribution is 7.87. The summed E-state index contributed by atoms with van der Waals surface area (Å²) in [5.74, 6) is 0.169. The minimum Gasteiger partial charge on any atom is -0.496 e. The molecule has 6 nitrogen and oxygen atoms in total. The maximum absolute atomic E-state index is 12.5.